The van der Waals surface area contributed by atoms with Crippen molar-refractivity contribution in [2.45, 2.75) is 19.8 Å². The molecule has 0 heterocycles. The minimum Gasteiger partial charge on any atom is -0.302 e. The van der Waals surface area contributed by atoms with Gasteiger partial charge >= 0.3 is 23.2 Å². The maximum Gasteiger partial charge on any atom is 0.477 e. The van der Waals surface area contributed by atoms with Gasteiger partial charge in [-0.15, -0.1) is 0 Å². The number of hydrogen-bond acceptors (Lipinski definition) is 5. The minimum absolute atomic E-state index is 0.209. The molecule has 0 bridgehead atoms. The molecule has 0 amide bonds. The first kappa shape index (κ1) is 17.4. The Morgan fingerprint density at radius 2 is 1.71 bits per heavy atom. The SMILES string of the molecule is CCCCNP(N)(=O)OP(N)(=O)OP(=O)(O)O. The topological polar surface area (TPSA) is 174 Å². The first-order chi connectivity index (χ1) is 7.47. The van der Waals surface area contributed by atoms with Crippen LogP contribution in [0.25, 0.3) is 0 Å². The molecule has 0 spiro atoms. The molecule has 0 aliphatic carbocycles. The quantitative estimate of drug-likeness (QED) is 0.316. The highest BCUT2D eigenvalue weighted by molar-refractivity contribution is 7.70. The summed E-state index contributed by atoms with van der Waals surface area (Å²) in [6.07, 6.45) is 1.41. The number of rotatable bonds is 8. The summed E-state index contributed by atoms with van der Waals surface area (Å²) >= 11 is 0. The van der Waals surface area contributed by atoms with Crippen molar-refractivity contribution in [1.82, 2.24) is 5.09 Å². The Morgan fingerprint density at radius 3 is 2.12 bits per heavy atom. The van der Waals surface area contributed by atoms with Gasteiger partial charge in [0.25, 0.3) is 0 Å². The molecule has 0 aliphatic rings. The van der Waals surface area contributed by atoms with Crippen LogP contribution >= 0.6 is 23.2 Å². The lowest BCUT2D eigenvalue weighted by Gasteiger charge is -2.18. The predicted octanol–water partition coefficient (Wildman–Crippen LogP) is 0.636. The van der Waals surface area contributed by atoms with E-state index in [-0.39, 0.29) is 6.54 Å². The van der Waals surface area contributed by atoms with E-state index >= 15 is 0 Å². The number of nitrogens with one attached hydrogen (secondary N) is 1. The second-order valence-electron chi connectivity index (χ2n) is 3.05. The number of hydrogen-bond donors (Lipinski definition) is 5. The molecule has 0 aromatic carbocycles. The molecule has 13 heteroatoms. The maximum atomic E-state index is 11.4. The summed E-state index contributed by atoms with van der Waals surface area (Å²) in [5.41, 5.74) is 9.92. The Morgan fingerprint density at radius 1 is 1.18 bits per heavy atom. The van der Waals surface area contributed by atoms with Crippen LogP contribution in [0.1, 0.15) is 19.8 Å². The lowest BCUT2D eigenvalue weighted by Crippen LogP contribution is -2.20. The molecular weight excluding hydrogens is 295 g/mol. The van der Waals surface area contributed by atoms with Gasteiger partial charge in [0, 0.05) is 6.54 Å². The van der Waals surface area contributed by atoms with E-state index in [1.165, 1.54) is 0 Å². The van der Waals surface area contributed by atoms with Crippen LogP contribution in [0.15, 0.2) is 0 Å². The summed E-state index contributed by atoms with van der Waals surface area (Å²) < 4.78 is 40.9. The van der Waals surface area contributed by atoms with Gasteiger partial charge in [0.15, 0.2) is 0 Å². The third-order valence-corrected chi connectivity index (χ3v) is 5.62. The minimum atomic E-state index is -5.12. The van der Waals surface area contributed by atoms with Crippen molar-refractivity contribution in [1.29, 1.82) is 0 Å². The first-order valence-corrected chi connectivity index (χ1v) is 9.31. The van der Waals surface area contributed by atoms with Crippen molar-refractivity contribution in [3.05, 3.63) is 0 Å². The van der Waals surface area contributed by atoms with E-state index in [4.69, 9.17) is 20.8 Å². The van der Waals surface area contributed by atoms with Crippen LogP contribution in [0.3, 0.4) is 0 Å². The molecule has 17 heavy (non-hydrogen) atoms. The second kappa shape index (κ2) is 6.54. The molecule has 0 rings (SSSR count). The zero-order valence-electron chi connectivity index (χ0n) is 9.05. The van der Waals surface area contributed by atoms with Crippen molar-refractivity contribution < 1.29 is 32.1 Å². The van der Waals surface area contributed by atoms with Gasteiger partial charge in [-0.25, -0.2) is 29.5 Å². The van der Waals surface area contributed by atoms with Crippen molar-refractivity contribution in [2.24, 2.45) is 11.0 Å². The molecule has 104 valence electrons. The lowest BCUT2D eigenvalue weighted by atomic mass is 10.3. The first-order valence-electron chi connectivity index (χ1n) is 4.48. The molecule has 0 aromatic rings. The van der Waals surface area contributed by atoms with E-state index in [2.05, 4.69) is 13.7 Å². The summed E-state index contributed by atoms with van der Waals surface area (Å²) in [4.78, 5) is 16.7. The molecule has 0 radical (unpaired) electrons. The van der Waals surface area contributed by atoms with E-state index in [1.54, 1.807) is 0 Å². The predicted molar refractivity (Wildman–Crippen MR) is 60.7 cm³/mol. The molecule has 7 N–H and O–H groups in total. The normalized spacial score (nSPS) is 19.6. The van der Waals surface area contributed by atoms with E-state index in [1.807, 2.05) is 6.92 Å². The van der Waals surface area contributed by atoms with Crippen LogP contribution in [0, 0.1) is 0 Å². The van der Waals surface area contributed by atoms with Gasteiger partial charge in [0.2, 0.25) is 0 Å². The van der Waals surface area contributed by atoms with Gasteiger partial charge < -0.3 is 9.79 Å². The van der Waals surface area contributed by atoms with Crippen LogP contribution in [0.5, 0.6) is 0 Å². The molecule has 2 unspecified atom stereocenters. The Balaban J connectivity index is 4.44. The van der Waals surface area contributed by atoms with E-state index in [0.717, 1.165) is 6.42 Å². The molecule has 10 nitrogen and oxygen atoms in total. The van der Waals surface area contributed by atoms with Crippen molar-refractivity contribution >= 4 is 23.2 Å². The highest BCUT2D eigenvalue weighted by Gasteiger charge is 2.36. The number of phosphoric acid groups is 1. The van der Waals surface area contributed by atoms with E-state index in [0.29, 0.717) is 6.42 Å². The molecule has 0 saturated heterocycles. The van der Waals surface area contributed by atoms with Crippen LogP contribution in [0.4, 0.5) is 0 Å². The molecule has 0 fully saturated rings. The Bertz CT molecular complexity index is 381. The lowest BCUT2D eigenvalue weighted by molar-refractivity contribution is 0.266. The van der Waals surface area contributed by atoms with E-state index < -0.39 is 23.2 Å². The van der Waals surface area contributed by atoms with Crippen molar-refractivity contribution in [3.8, 4) is 0 Å². The summed E-state index contributed by atoms with van der Waals surface area (Å²) in [6, 6.07) is 0. The van der Waals surface area contributed by atoms with Crippen LogP contribution in [-0.2, 0) is 22.3 Å². The van der Waals surface area contributed by atoms with Crippen molar-refractivity contribution in [2.75, 3.05) is 6.54 Å². The van der Waals surface area contributed by atoms with Crippen LogP contribution < -0.4 is 16.1 Å². The Kier molecular flexibility index (Phi) is 6.70. The average Bonchev–Trinajstić information content (AvgIpc) is 1.96. The van der Waals surface area contributed by atoms with Crippen molar-refractivity contribution in [3.63, 3.8) is 0 Å². The van der Waals surface area contributed by atoms with Crippen LogP contribution in [-0.4, -0.2) is 16.3 Å². The van der Waals surface area contributed by atoms with Gasteiger partial charge in [0.05, 0.1) is 0 Å². The smallest absolute Gasteiger partial charge is 0.302 e. The summed E-state index contributed by atoms with van der Waals surface area (Å²) in [6.45, 7) is 2.08. The second-order valence-corrected chi connectivity index (χ2v) is 7.93. The van der Waals surface area contributed by atoms with Gasteiger partial charge in [-0.3, -0.25) is 4.57 Å². The van der Waals surface area contributed by atoms with Gasteiger partial charge in [-0.2, -0.15) is 4.31 Å². The number of unbranched alkanes of at least 4 members (excludes halogenated alkanes) is 1. The third kappa shape index (κ3) is 10.1. The molecule has 0 saturated carbocycles. The summed E-state index contributed by atoms with van der Waals surface area (Å²) in [5, 5.41) is 2.23. The summed E-state index contributed by atoms with van der Waals surface area (Å²) in [7, 11) is -13.9. The van der Waals surface area contributed by atoms with E-state index in [9.17, 15) is 13.7 Å². The third-order valence-electron chi connectivity index (χ3n) is 1.32. The monoisotopic (exact) mass is 311 g/mol. The van der Waals surface area contributed by atoms with Gasteiger partial charge in [0.1, 0.15) is 0 Å². The number of nitrogens with two attached hydrogens (primary N) is 2. The molecule has 0 aromatic heterocycles. The fourth-order valence-electron chi connectivity index (χ4n) is 0.773. The highest BCUT2D eigenvalue weighted by atomic mass is 31.3. The fraction of sp³-hybridized carbons (Fsp3) is 1.00. The summed E-state index contributed by atoms with van der Waals surface area (Å²) in [5.74, 6) is 0. The highest BCUT2D eigenvalue weighted by Crippen LogP contribution is 2.61. The van der Waals surface area contributed by atoms with Gasteiger partial charge in [-0.1, -0.05) is 13.3 Å². The van der Waals surface area contributed by atoms with Crippen LogP contribution in [0.2, 0.25) is 0 Å². The largest absolute Gasteiger partial charge is 0.477 e. The standard InChI is InChI=1S/C4H16N3O7P3/c1-2-3-4-7-15(5,8)13-16(6,9)14-17(10,11)12/h2-4H2,1H3,(H2,6,9)(H3,5,7,8)(H2,10,11,12). The average molecular weight is 311 g/mol. The van der Waals surface area contributed by atoms with Gasteiger partial charge in [-0.05, 0) is 6.42 Å². The maximum absolute atomic E-state index is 11.4. The Labute approximate surface area is 98.4 Å². The molecular formula is C4H16N3O7P3. The fourth-order valence-corrected chi connectivity index (χ4v) is 4.40. The zero-order chi connectivity index (χ0) is 13.7. The Hall–Kier alpha value is 0.410. The molecule has 0 aliphatic heterocycles. The zero-order valence-corrected chi connectivity index (χ0v) is 11.7. The molecule has 2 atom stereocenters.